The van der Waals surface area contributed by atoms with E-state index in [9.17, 15) is 14.1 Å². The molecule has 4 aromatic rings. The fourth-order valence-corrected chi connectivity index (χ4v) is 4.69. The fourth-order valence-electron chi connectivity index (χ4n) is 4.04. The molecule has 11 nitrogen and oxygen atoms in total. The second-order valence-electron chi connectivity index (χ2n) is 9.20. The lowest BCUT2D eigenvalue weighted by Crippen LogP contribution is -2.27. The maximum absolute atomic E-state index is 13.4. The number of rotatable bonds is 7. The van der Waals surface area contributed by atoms with Crippen LogP contribution in [0.25, 0.3) is 22.6 Å². The van der Waals surface area contributed by atoms with Crippen molar-refractivity contribution in [3.05, 3.63) is 58.4 Å². The van der Waals surface area contributed by atoms with E-state index in [0.717, 1.165) is 18.4 Å². The molecule has 0 saturated heterocycles. The third kappa shape index (κ3) is 4.51. The molecule has 1 fully saturated rings. The monoisotopic (exact) mass is 506 g/mol. The molecule has 1 aromatic carbocycles. The standard InChI is InChI=1S/C24H26N8O3S/c1-13(2)32-22-17(11-27-20(31-22)18-19(15-6-7-15)28-12-29-23(18)33)30-21(24(32)34)26-10-14-4-8-16(9-5-14)36(3,25)35/h4-5,8-9,11-13,15,25H,6-7,10H2,1-3H3,(H,26,30)(H,28,29,33). The zero-order valence-electron chi connectivity index (χ0n) is 20.1. The highest BCUT2D eigenvalue weighted by molar-refractivity contribution is 7.91. The Kier molecular flexibility index (Phi) is 5.91. The first-order chi connectivity index (χ1) is 17.1. The van der Waals surface area contributed by atoms with Gasteiger partial charge in [-0.25, -0.2) is 33.9 Å². The van der Waals surface area contributed by atoms with Crippen LogP contribution in [0, 0.1) is 4.78 Å². The second kappa shape index (κ2) is 8.94. The molecule has 1 atom stereocenters. The van der Waals surface area contributed by atoms with Crippen LogP contribution in [0.3, 0.4) is 0 Å². The van der Waals surface area contributed by atoms with Gasteiger partial charge in [0.15, 0.2) is 17.3 Å². The maximum atomic E-state index is 13.4. The highest BCUT2D eigenvalue weighted by Crippen LogP contribution is 2.44. The third-order valence-corrected chi connectivity index (χ3v) is 7.20. The molecule has 186 valence electrons. The van der Waals surface area contributed by atoms with E-state index in [-0.39, 0.29) is 35.0 Å². The molecule has 0 aliphatic heterocycles. The molecule has 3 aromatic heterocycles. The van der Waals surface area contributed by atoms with Gasteiger partial charge in [0.2, 0.25) is 5.88 Å². The Morgan fingerprint density at radius 1 is 1.17 bits per heavy atom. The summed E-state index contributed by atoms with van der Waals surface area (Å²) in [5.74, 6) is 0.456. The third-order valence-electron chi connectivity index (χ3n) is 6.03. The van der Waals surface area contributed by atoms with Crippen molar-refractivity contribution in [2.24, 2.45) is 0 Å². The average Bonchev–Trinajstić information content (AvgIpc) is 3.67. The molecule has 1 aliphatic carbocycles. The van der Waals surface area contributed by atoms with Gasteiger partial charge in [-0.2, -0.15) is 0 Å². The number of anilines is 1. The summed E-state index contributed by atoms with van der Waals surface area (Å²) in [6.07, 6.45) is 6.20. The lowest BCUT2D eigenvalue weighted by Gasteiger charge is -2.16. The van der Waals surface area contributed by atoms with Crippen molar-refractivity contribution in [1.29, 1.82) is 4.78 Å². The molecule has 3 heterocycles. The SMILES string of the molecule is CC(C)n1c(=O)c(NCc2ccc(S(C)(=N)=O)cc2)nc2cnc(-c3c(O)ncnc3C3CC3)nc21. The van der Waals surface area contributed by atoms with E-state index in [4.69, 9.17) is 4.78 Å². The van der Waals surface area contributed by atoms with Gasteiger partial charge in [-0.3, -0.25) is 9.36 Å². The van der Waals surface area contributed by atoms with Crippen LogP contribution in [-0.2, 0) is 16.3 Å². The van der Waals surface area contributed by atoms with Gasteiger partial charge in [0, 0.05) is 29.7 Å². The normalized spacial score (nSPS) is 15.2. The number of nitrogens with zero attached hydrogens (tertiary/aromatic N) is 6. The van der Waals surface area contributed by atoms with Crippen LogP contribution in [0.15, 0.2) is 46.5 Å². The number of nitrogens with one attached hydrogen (secondary N) is 2. The molecule has 1 aliphatic rings. The number of hydrogen-bond acceptors (Lipinski definition) is 10. The molecule has 5 rings (SSSR count). The van der Waals surface area contributed by atoms with Gasteiger partial charge in [0.05, 0.1) is 21.6 Å². The van der Waals surface area contributed by atoms with Gasteiger partial charge in [0.1, 0.15) is 17.4 Å². The molecule has 0 amide bonds. The zero-order valence-corrected chi connectivity index (χ0v) is 20.9. The van der Waals surface area contributed by atoms with Crippen LogP contribution in [0.1, 0.15) is 49.9 Å². The number of fused-ring (bicyclic) bond motifs is 1. The number of benzene rings is 1. The van der Waals surface area contributed by atoms with E-state index in [1.165, 1.54) is 18.8 Å². The predicted molar refractivity (Wildman–Crippen MR) is 135 cm³/mol. The first-order valence-electron chi connectivity index (χ1n) is 11.5. The number of aromatic hydroxyl groups is 1. The Bertz CT molecular complexity index is 1630. The molecule has 1 unspecified atom stereocenters. The molecule has 12 heteroatoms. The Hall–Kier alpha value is -3.93. The van der Waals surface area contributed by atoms with Crippen molar-refractivity contribution < 1.29 is 9.32 Å². The Morgan fingerprint density at radius 2 is 1.89 bits per heavy atom. The maximum Gasteiger partial charge on any atom is 0.295 e. The molecular weight excluding hydrogens is 480 g/mol. The molecule has 0 bridgehead atoms. The molecule has 0 spiro atoms. The van der Waals surface area contributed by atoms with E-state index in [1.54, 1.807) is 28.8 Å². The summed E-state index contributed by atoms with van der Waals surface area (Å²) < 4.78 is 21.1. The summed E-state index contributed by atoms with van der Waals surface area (Å²) in [4.78, 5) is 35.6. The van der Waals surface area contributed by atoms with Crippen molar-refractivity contribution in [2.45, 2.75) is 50.1 Å². The smallest absolute Gasteiger partial charge is 0.295 e. The summed E-state index contributed by atoms with van der Waals surface area (Å²) in [6.45, 7) is 4.08. The topological polar surface area (TPSA) is 160 Å². The first kappa shape index (κ1) is 23.8. The Morgan fingerprint density at radius 3 is 2.53 bits per heavy atom. The van der Waals surface area contributed by atoms with Gasteiger partial charge in [-0.1, -0.05) is 12.1 Å². The largest absolute Gasteiger partial charge is 0.493 e. The molecule has 36 heavy (non-hydrogen) atoms. The number of aromatic nitrogens is 6. The minimum Gasteiger partial charge on any atom is -0.493 e. The van der Waals surface area contributed by atoms with E-state index in [0.29, 0.717) is 33.9 Å². The first-order valence-corrected chi connectivity index (χ1v) is 13.5. The van der Waals surface area contributed by atoms with Gasteiger partial charge in [-0.05, 0) is 44.4 Å². The predicted octanol–water partition coefficient (Wildman–Crippen LogP) is 3.45. The average molecular weight is 507 g/mol. The highest BCUT2D eigenvalue weighted by atomic mass is 32.2. The summed E-state index contributed by atoms with van der Waals surface area (Å²) in [5.41, 5.74) is 2.39. The van der Waals surface area contributed by atoms with Crippen LogP contribution >= 0.6 is 0 Å². The fraction of sp³-hybridized carbons (Fsp3) is 0.333. The van der Waals surface area contributed by atoms with E-state index < -0.39 is 9.73 Å². The van der Waals surface area contributed by atoms with Gasteiger partial charge in [0.25, 0.3) is 5.56 Å². The van der Waals surface area contributed by atoms with Crippen molar-refractivity contribution in [1.82, 2.24) is 29.5 Å². The summed E-state index contributed by atoms with van der Waals surface area (Å²) in [5, 5.41) is 13.5. The van der Waals surface area contributed by atoms with Crippen molar-refractivity contribution in [3.8, 4) is 17.3 Å². The van der Waals surface area contributed by atoms with Crippen LogP contribution < -0.4 is 10.9 Å². The van der Waals surface area contributed by atoms with Gasteiger partial charge in [-0.15, -0.1) is 0 Å². The van der Waals surface area contributed by atoms with Gasteiger partial charge < -0.3 is 10.4 Å². The summed E-state index contributed by atoms with van der Waals surface area (Å²) >= 11 is 0. The lowest BCUT2D eigenvalue weighted by molar-refractivity contribution is 0.452. The molecular formula is C24H26N8O3S. The summed E-state index contributed by atoms with van der Waals surface area (Å²) in [7, 11) is -2.79. The van der Waals surface area contributed by atoms with Crippen LogP contribution in [0.4, 0.5) is 5.82 Å². The van der Waals surface area contributed by atoms with E-state index in [2.05, 4.69) is 30.2 Å². The minimum absolute atomic E-state index is 0.154. The van der Waals surface area contributed by atoms with Crippen molar-refractivity contribution in [2.75, 3.05) is 11.6 Å². The van der Waals surface area contributed by atoms with Crippen LogP contribution in [0.5, 0.6) is 5.88 Å². The molecule has 0 radical (unpaired) electrons. The van der Waals surface area contributed by atoms with E-state index in [1.807, 2.05) is 13.8 Å². The zero-order chi connectivity index (χ0) is 25.6. The molecule has 1 saturated carbocycles. The number of hydrogen-bond donors (Lipinski definition) is 3. The van der Waals surface area contributed by atoms with Crippen molar-refractivity contribution in [3.63, 3.8) is 0 Å². The minimum atomic E-state index is -2.79. The summed E-state index contributed by atoms with van der Waals surface area (Å²) in [6, 6.07) is 6.62. The van der Waals surface area contributed by atoms with Crippen LogP contribution in [-0.4, -0.2) is 45.1 Å². The van der Waals surface area contributed by atoms with Crippen molar-refractivity contribution >= 4 is 26.7 Å². The molecule has 3 N–H and O–H groups in total. The Labute approximate surface area is 207 Å². The van der Waals surface area contributed by atoms with Gasteiger partial charge >= 0.3 is 0 Å². The Balaban J connectivity index is 1.53. The quantitative estimate of drug-likeness (QED) is 0.341. The lowest BCUT2D eigenvalue weighted by atomic mass is 10.1. The highest BCUT2D eigenvalue weighted by Gasteiger charge is 2.31. The van der Waals surface area contributed by atoms with Crippen LogP contribution in [0.2, 0.25) is 0 Å². The second-order valence-corrected chi connectivity index (χ2v) is 11.4. The van der Waals surface area contributed by atoms with E-state index >= 15 is 0 Å².